The molecule has 0 aliphatic rings. The van der Waals surface area contributed by atoms with Gasteiger partial charge in [-0.2, -0.15) is 5.26 Å². The summed E-state index contributed by atoms with van der Waals surface area (Å²) in [6.45, 7) is 0. The molecular formula is C13H9N3O4. The van der Waals surface area contributed by atoms with E-state index in [1.54, 1.807) is 12.1 Å². The van der Waals surface area contributed by atoms with Crippen molar-refractivity contribution in [3.63, 3.8) is 0 Å². The summed E-state index contributed by atoms with van der Waals surface area (Å²) in [6.07, 6.45) is 1.47. The molecule has 2 aromatic rings. The molecule has 7 heteroatoms. The van der Waals surface area contributed by atoms with Gasteiger partial charge in [-0.25, -0.2) is 4.98 Å². The Kier molecular flexibility index (Phi) is 3.77. The molecule has 0 saturated carbocycles. The minimum absolute atomic E-state index is 0.0921. The Morgan fingerprint density at radius 3 is 2.85 bits per heavy atom. The van der Waals surface area contributed by atoms with Gasteiger partial charge >= 0.3 is 5.69 Å². The lowest BCUT2D eigenvalue weighted by Gasteiger charge is -2.07. The molecule has 0 aliphatic heterocycles. The molecule has 0 amide bonds. The second-order valence-electron chi connectivity index (χ2n) is 3.66. The molecule has 0 bridgehead atoms. The number of methoxy groups -OCH3 is 1. The van der Waals surface area contributed by atoms with Gasteiger partial charge in [0.25, 0.3) is 0 Å². The van der Waals surface area contributed by atoms with Gasteiger partial charge in [-0.3, -0.25) is 10.1 Å². The van der Waals surface area contributed by atoms with E-state index in [9.17, 15) is 10.1 Å². The van der Waals surface area contributed by atoms with Crippen LogP contribution in [0.1, 0.15) is 5.56 Å². The second-order valence-corrected chi connectivity index (χ2v) is 3.66. The summed E-state index contributed by atoms with van der Waals surface area (Å²) in [4.78, 5) is 14.3. The van der Waals surface area contributed by atoms with Crippen LogP contribution in [0.5, 0.6) is 17.4 Å². The zero-order valence-corrected chi connectivity index (χ0v) is 10.4. The molecule has 0 unspecified atom stereocenters. The molecule has 7 nitrogen and oxygen atoms in total. The minimum Gasteiger partial charge on any atom is -0.490 e. The van der Waals surface area contributed by atoms with Gasteiger partial charge in [-0.15, -0.1) is 0 Å². The van der Waals surface area contributed by atoms with Crippen LogP contribution in [0.15, 0.2) is 36.5 Å². The van der Waals surface area contributed by atoms with E-state index in [2.05, 4.69) is 4.98 Å². The van der Waals surface area contributed by atoms with Gasteiger partial charge in [0.1, 0.15) is 17.4 Å². The first-order chi connectivity index (χ1) is 9.65. The molecule has 0 radical (unpaired) electrons. The van der Waals surface area contributed by atoms with Crippen molar-refractivity contribution in [1.82, 2.24) is 4.98 Å². The lowest BCUT2D eigenvalue weighted by molar-refractivity contribution is -0.385. The van der Waals surface area contributed by atoms with Gasteiger partial charge in [0.05, 0.1) is 18.1 Å². The first-order valence-corrected chi connectivity index (χ1v) is 5.51. The summed E-state index contributed by atoms with van der Waals surface area (Å²) in [5.41, 5.74) is 0.0189. The number of pyridine rings is 1. The fourth-order valence-corrected chi connectivity index (χ4v) is 1.54. The van der Waals surface area contributed by atoms with E-state index in [1.807, 2.05) is 6.07 Å². The van der Waals surface area contributed by atoms with Gasteiger partial charge < -0.3 is 9.47 Å². The van der Waals surface area contributed by atoms with Crippen molar-refractivity contribution < 1.29 is 14.4 Å². The van der Waals surface area contributed by atoms with Crippen LogP contribution in [0.2, 0.25) is 0 Å². The molecule has 0 spiro atoms. The first-order valence-electron chi connectivity index (χ1n) is 5.51. The summed E-state index contributed by atoms with van der Waals surface area (Å²) < 4.78 is 10.3. The third-order valence-electron chi connectivity index (χ3n) is 2.45. The normalized spacial score (nSPS) is 9.60. The third kappa shape index (κ3) is 2.64. The SMILES string of the molecule is COc1ccc(Oc2ncccc2C#N)cc1[N+](=O)[O-]. The van der Waals surface area contributed by atoms with E-state index in [4.69, 9.17) is 14.7 Å². The molecular weight excluding hydrogens is 262 g/mol. The Hall–Kier alpha value is -3.14. The summed E-state index contributed by atoms with van der Waals surface area (Å²) in [5, 5.41) is 19.8. The second kappa shape index (κ2) is 5.67. The standard InChI is InChI=1S/C13H9N3O4/c1-19-12-5-4-10(7-11(12)16(17)18)20-13-9(8-14)3-2-6-15-13/h2-7H,1H3. The number of nitrogens with zero attached hydrogens (tertiary/aromatic N) is 3. The Morgan fingerprint density at radius 1 is 1.40 bits per heavy atom. The average Bonchev–Trinajstić information content (AvgIpc) is 2.47. The average molecular weight is 271 g/mol. The van der Waals surface area contributed by atoms with Crippen molar-refractivity contribution >= 4 is 5.69 Å². The zero-order chi connectivity index (χ0) is 14.5. The molecule has 1 heterocycles. The summed E-state index contributed by atoms with van der Waals surface area (Å²) in [7, 11) is 1.34. The number of rotatable bonds is 4. The number of aromatic nitrogens is 1. The highest BCUT2D eigenvalue weighted by atomic mass is 16.6. The predicted molar refractivity (Wildman–Crippen MR) is 68.7 cm³/mol. The first kappa shape index (κ1) is 13.3. The molecule has 1 aromatic carbocycles. The minimum atomic E-state index is -0.574. The van der Waals surface area contributed by atoms with Gasteiger partial charge in [0, 0.05) is 6.20 Å². The third-order valence-corrected chi connectivity index (χ3v) is 2.45. The zero-order valence-electron chi connectivity index (χ0n) is 10.4. The number of benzene rings is 1. The highest BCUT2D eigenvalue weighted by Gasteiger charge is 2.16. The van der Waals surface area contributed by atoms with Gasteiger partial charge in [0.15, 0.2) is 5.75 Å². The smallest absolute Gasteiger partial charge is 0.314 e. The van der Waals surface area contributed by atoms with Crippen LogP contribution in [-0.2, 0) is 0 Å². The number of hydrogen-bond acceptors (Lipinski definition) is 6. The fourth-order valence-electron chi connectivity index (χ4n) is 1.54. The van der Waals surface area contributed by atoms with E-state index < -0.39 is 4.92 Å². The summed E-state index contributed by atoms with van der Waals surface area (Å²) >= 11 is 0. The predicted octanol–water partition coefficient (Wildman–Crippen LogP) is 2.66. The van der Waals surface area contributed by atoms with Crippen molar-refractivity contribution in [2.45, 2.75) is 0 Å². The molecule has 2 rings (SSSR count). The molecule has 0 N–H and O–H groups in total. The van der Waals surface area contributed by atoms with Crippen molar-refractivity contribution in [2.75, 3.05) is 7.11 Å². The van der Waals surface area contributed by atoms with Crippen LogP contribution in [0.3, 0.4) is 0 Å². The van der Waals surface area contributed by atoms with Crippen LogP contribution in [-0.4, -0.2) is 17.0 Å². The number of ether oxygens (including phenoxy) is 2. The Morgan fingerprint density at radius 2 is 2.20 bits per heavy atom. The lowest BCUT2D eigenvalue weighted by Crippen LogP contribution is -1.96. The Bertz CT molecular complexity index is 694. The highest BCUT2D eigenvalue weighted by Crippen LogP contribution is 2.33. The maximum Gasteiger partial charge on any atom is 0.314 e. The van der Waals surface area contributed by atoms with Crippen molar-refractivity contribution in [2.24, 2.45) is 0 Å². The largest absolute Gasteiger partial charge is 0.490 e. The monoisotopic (exact) mass is 271 g/mol. The molecule has 1 aromatic heterocycles. The number of nitro benzene ring substituents is 1. The molecule has 20 heavy (non-hydrogen) atoms. The lowest BCUT2D eigenvalue weighted by atomic mass is 10.2. The number of nitriles is 1. The summed E-state index contributed by atoms with van der Waals surface area (Å²) in [5.74, 6) is 0.422. The molecule has 0 saturated heterocycles. The Labute approximate surface area is 114 Å². The van der Waals surface area contributed by atoms with Gasteiger partial charge in [0.2, 0.25) is 5.88 Å². The molecule has 0 atom stereocenters. The maximum atomic E-state index is 10.9. The molecule has 100 valence electrons. The van der Waals surface area contributed by atoms with E-state index in [1.165, 1.54) is 31.5 Å². The topological polar surface area (TPSA) is 98.3 Å². The van der Waals surface area contributed by atoms with E-state index in [-0.39, 0.29) is 28.6 Å². The van der Waals surface area contributed by atoms with Gasteiger partial charge in [-0.1, -0.05) is 0 Å². The van der Waals surface area contributed by atoms with Crippen molar-refractivity contribution in [3.8, 4) is 23.4 Å². The highest BCUT2D eigenvalue weighted by molar-refractivity contribution is 5.52. The van der Waals surface area contributed by atoms with Gasteiger partial charge in [-0.05, 0) is 24.3 Å². The van der Waals surface area contributed by atoms with E-state index >= 15 is 0 Å². The maximum absolute atomic E-state index is 10.9. The van der Waals surface area contributed by atoms with Crippen LogP contribution in [0.4, 0.5) is 5.69 Å². The van der Waals surface area contributed by atoms with Crippen LogP contribution in [0, 0.1) is 21.4 Å². The number of hydrogen-bond donors (Lipinski definition) is 0. The van der Waals surface area contributed by atoms with E-state index in [0.717, 1.165) is 0 Å². The summed E-state index contributed by atoms with van der Waals surface area (Å²) in [6, 6.07) is 9.21. The van der Waals surface area contributed by atoms with Crippen LogP contribution < -0.4 is 9.47 Å². The Balaban J connectivity index is 2.37. The van der Waals surface area contributed by atoms with E-state index in [0.29, 0.717) is 0 Å². The quantitative estimate of drug-likeness (QED) is 0.626. The van der Waals surface area contributed by atoms with Crippen LogP contribution in [0.25, 0.3) is 0 Å². The van der Waals surface area contributed by atoms with Crippen LogP contribution >= 0.6 is 0 Å². The molecule has 0 aliphatic carbocycles. The molecule has 0 fully saturated rings. The number of nitro groups is 1. The van der Waals surface area contributed by atoms with Crippen molar-refractivity contribution in [1.29, 1.82) is 5.26 Å². The van der Waals surface area contributed by atoms with Crippen molar-refractivity contribution in [3.05, 3.63) is 52.2 Å². The fraction of sp³-hybridized carbons (Fsp3) is 0.0769.